The molecule has 0 aliphatic heterocycles. The Hall–Kier alpha value is -1.26. The maximum atomic E-state index is 11.0. The second-order valence-corrected chi connectivity index (χ2v) is 2.59. The summed E-state index contributed by atoms with van der Waals surface area (Å²) in [7, 11) is 1.28. The van der Waals surface area contributed by atoms with E-state index < -0.39 is 12.0 Å². The zero-order chi connectivity index (χ0) is 9.84. The summed E-state index contributed by atoms with van der Waals surface area (Å²) < 4.78 is 4.47. The first-order valence-electron chi connectivity index (χ1n) is 3.77. The highest BCUT2D eigenvalue weighted by Crippen LogP contribution is 2.15. The average Bonchev–Trinajstić information content (AvgIpc) is 2.17. The van der Waals surface area contributed by atoms with Crippen LogP contribution >= 0.6 is 12.4 Å². The number of benzene rings is 1. The second kappa shape index (κ2) is 5.47. The monoisotopic (exact) mass is 217 g/mol. The Morgan fingerprint density at radius 2 is 1.93 bits per heavy atom. The predicted molar refractivity (Wildman–Crippen MR) is 54.3 cm³/mol. The first-order chi connectivity index (χ1) is 6.15. The summed E-state index contributed by atoms with van der Waals surface area (Å²) in [4.78, 5) is 11.0. The Bertz CT molecular complexity index is 299. The minimum Gasteiger partial charge on any atom is -0.508 e. The van der Waals surface area contributed by atoms with E-state index in [0.717, 1.165) is 0 Å². The number of hydrogen-bond acceptors (Lipinski definition) is 4. The molecule has 0 heterocycles. The number of phenolic OH excluding ortho intramolecular Hbond substituents is 1. The molecule has 0 bridgehead atoms. The molecule has 1 aromatic rings. The Morgan fingerprint density at radius 3 is 2.36 bits per heavy atom. The zero-order valence-corrected chi connectivity index (χ0v) is 8.45. The molecule has 0 aliphatic rings. The van der Waals surface area contributed by atoms with Crippen LogP contribution in [-0.2, 0) is 9.53 Å². The van der Waals surface area contributed by atoms with Crippen LogP contribution in [-0.4, -0.2) is 18.2 Å². The Balaban J connectivity index is 0.00000169. The van der Waals surface area contributed by atoms with E-state index in [9.17, 15) is 4.79 Å². The number of phenols is 1. The summed E-state index contributed by atoms with van der Waals surface area (Å²) in [6.07, 6.45) is 0. The molecule has 78 valence electrons. The molecule has 1 atom stereocenters. The van der Waals surface area contributed by atoms with Crippen LogP contribution in [0.5, 0.6) is 5.75 Å². The van der Waals surface area contributed by atoms with E-state index in [-0.39, 0.29) is 18.2 Å². The molecular weight excluding hydrogens is 206 g/mol. The topological polar surface area (TPSA) is 72.5 Å². The first-order valence-corrected chi connectivity index (χ1v) is 3.77. The lowest BCUT2D eigenvalue weighted by molar-refractivity contribution is -0.142. The van der Waals surface area contributed by atoms with Gasteiger partial charge in [0.05, 0.1) is 7.11 Å². The van der Waals surface area contributed by atoms with Crippen LogP contribution in [0.15, 0.2) is 24.3 Å². The molecular formula is C9H12ClNO3. The minimum absolute atomic E-state index is 0. The van der Waals surface area contributed by atoms with Gasteiger partial charge in [-0.3, -0.25) is 4.79 Å². The number of esters is 1. The summed E-state index contributed by atoms with van der Waals surface area (Å²) in [5.41, 5.74) is 6.16. The lowest BCUT2D eigenvalue weighted by Gasteiger charge is -2.08. The van der Waals surface area contributed by atoms with Gasteiger partial charge < -0.3 is 15.6 Å². The summed E-state index contributed by atoms with van der Waals surface area (Å²) >= 11 is 0. The molecule has 0 saturated heterocycles. The molecule has 3 N–H and O–H groups in total. The highest BCUT2D eigenvalue weighted by molar-refractivity contribution is 5.85. The van der Waals surface area contributed by atoms with Crippen LogP contribution in [0.25, 0.3) is 0 Å². The lowest BCUT2D eigenvalue weighted by Crippen LogP contribution is -2.22. The molecule has 4 nitrogen and oxygen atoms in total. The molecule has 0 amide bonds. The van der Waals surface area contributed by atoms with Gasteiger partial charge in [0.1, 0.15) is 11.8 Å². The van der Waals surface area contributed by atoms with E-state index in [0.29, 0.717) is 5.56 Å². The third kappa shape index (κ3) is 2.90. The molecule has 0 unspecified atom stereocenters. The van der Waals surface area contributed by atoms with Crippen LogP contribution in [0, 0.1) is 0 Å². The minimum atomic E-state index is -0.786. The molecule has 5 heteroatoms. The van der Waals surface area contributed by atoms with Crippen molar-refractivity contribution in [1.82, 2.24) is 0 Å². The summed E-state index contributed by atoms with van der Waals surface area (Å²) in [6, 6.07) is 5.31. The largest absolute Gasteiger partial charge is 0.508 e. The highest BCUT2D eigenvalue weighted by atomic mass is 35.5. The number of nitrogens with two attached hydrogens (primary N) is 1. The van der Waals surface area contributed by atoms with Gasteiger partial charge in [0.15, 0.2) is 0 Å². The van der Waals surface area contributed by atoms with Crippen molar-refractivity contribution in [1.29, 1.82) is 0 Å². The van der Waals surface area contributed by atoms with Crippen molar-refractivity contribution in [3.05, 3.63) is 29.8 Å². The molecule has 0 spiro atoms. The van der Waals surface area contributed by atoms with Crippen LogP contribution in [0.4, 0.5) is 0 Å². The zero-order valence-electron chi connectivity index (χ0n) is 7.64. The Morgan fingerprint density at radius 1 is 1.43 bits per heavy atom. The number of rotatable bonds is 2. The van der Waals surface area contributed by atoms with Crippen LogP contribution in [0.1, 0.15) is 11.6 Å². The normalized spacial score (nSPS) is 11.3. The lowest BCUT2D eigenvalue weighted by atomic mass is 10.1. The van der Waals surface area contributed by atoms with Crippen LogP contribution in [0.2, 0.25) is 0 Å². The smallest absolute Gasteiger partial charge is 0.327 e. The van der Waals surface area contributed by atoms with Gasteiger partial charge in [0.2, 0.25) is 0 Å². The van der Waals surface area contributed by atoms with Crippen molar-refractivity contribution in [2.24, 2.45) is 5.73 Å². The van der Waals surface area contributed by atoms with Crippen molar-refractivity contribution in [3.63, 3.8) is 0 Å². The van der Waals surface area contributed by atoms with Crippen molar-refractivity contribution >= 4 is 18.4 Å². The van der Waals surface area contributed by atoms with Gasteiger partial charge in [0, 0.05) is 0 Å². The van der Waals surface area contributed by atoms with E-state index in [4.69, 9.17) is 10.8 Å². The quantitative estimate of drug-likeness (QED) is 0.725. The van der Waals surface area contributed by atoms with E-state index in [2.05, 4.69) is 4.74 Å². The molecule has 0 fully saturated rings. The van der Waals surface area contributed by atoms with E-state index in [1.807, 2.05) is 0 Å². The molecule has 0 aliphatic carbocycles. The van der Waals surface area contributed by atoms with E-state index in [1.165, 1.54) is 19.2 Å². The van der Waals surface area contributed by atoms with Gasteiger partial charge >= 0.3 is 5.97 Å². The van der Waals surface area contributed by atoms with Crippen LogP contribution < -0.4 is 5.73 Å². The van der Waals surface area contributed by atoms with E-state index >= 15 is 0 Å². The number of halogens is 1. The van der Waals surface area contributed by atoms with Crippen LogP contribution in [0.3, 0.4) is 0 Å². The molecule has 0 radical (unpaired) electrons. The molecule has 0 aromatic heterocycles. The number of ether oxygens (including phenoxy) is 1. The van der Waals surface area contributed by atoms with Crippen molar-refractivity contribution < 1.29 is 14.6 Å². The number of carbonyl (C=O) groups is 1. The predicted octanol–water partition coefficient (Wildman–Crippen LogP) is 0.987. The van der Waals surface area contributed by atoms with Crippen molar-refractivity contribution in [2.75, 3.05) is 7.11 Å². The standard InChI is InChI=1S/C9H11NO3.ClH/c1-13-9(12)8(10)6-2-4-7(11)5-3-6;/h2-5,8,11H,10H2,1H3;1H/t8-;/m0./s1. The third-order valence-corrected chi connectivity index (χ3v) is 1.71. The summed E-state index contributed by atoms with van der Waals surface area (Å²) in [5, 5.41) is 8.98. The van der Waals surface area contributed by atoms with Crippen molar-refractivity contribution in [3.8, 4) is 5.75 Å². The SMILES string of the molecule is COC(=O)[C@@H](N)c1ccc(O)cc1.Cl. The highest BCUT2D eigenvalue weighted by Gasteiger charge is 2.15. The second-order valence-electron chi connectivity index (χ2n) is 2.59. The van der Waals surface area contributed by atoms with Gasteiger partial charge in [-0.25, -0.2) is 0 Å². The van der Waals surface area contributed by atoms with Gasteiger partial charge in [-0.05, 0) is 17.7 Å². The molecule has 0 saturated carbocycles. The first kappa shape index (κ1) is 12.7. The molecule has 1 aromatic carbocycles. The number of hydrogen-bond donors (Lipinski definition) is 2. The van der Waals surface area contributed by atoms with Gasteiger partial charge in [-0.15, -0.1) is 12.4 Å². The van der Waals surface area contributed by atoms with Gasteiger partial charge in [0.25, 0.3) is 0 Å². The third-order valence-electron chi connectivity index (χ3n) is 1.71. The fourth-order valence-corrected chi connectivity index (χ4v) is 0.945. The van der Waals surface area contributed by atoms with Crippen molar-refractivity contribution in [2.45, 2.75) is 6.04 Å². The Kier molecular flexibility index (Phi) is 4.97. The van der Waals surface area contributed by atoms with E-state index in [1.54, 1.807) is 12.1 Å². The van der Waals surface area contributed by atoms with Gasteiger partial charge in [-0.2, -0.15) is 0 Å². The van der Waals surface area contributed by atoms with Gasteiger partial charge in [-0.1, -0.05) is 12.1 Å². The maximum absolute atomic E-state index is 11.0. The summed E-state index contributed by atoms with van der Waals surface area (Å²) in [6.45, 7) is 0. The number of aromatic hydroxyl groups is 1. The number of methoxy groups -OCH3 is 1. The molecule has 14 heavy (non-hydrogen) atoms. The summed E-state index contributed by atoms with van der Waals surface area (Å²) in [5.74, 6) is -0.355. The fraction of sp³-hybridized carbons (Fsp3) is 0.222. The Labute approximate surface area is 88.1 Å². The number of carbonyl (C=O) groups excluding carboxylic acids is 1. The molecule has 1 rings (SSSR count). The average molecular weight is 218 g/mol. The fourth-order valence-electron chi connectivity index (χ4n) is 0.945. The maximum Gasteiger partial charge on any atom is 0.327 e.